The minimum atomic E-state index is 0.471. The Hall–Kier alpha value is -1.94. The minimum absolute atomic E-state index is 0.471. The molecule has 0 amide bonds. The number of ether oxygens (including phenoxy) is 2. The monoisotopic (exact) mass is 302 g/mol. The molecule has 2 aromatic rings. The lowest BCUT2D eigenvalue weighted by atomic mass is 10.1. The fraction of sp³-hybridized carbons (Fsp3) is 0.235. The highest BCUT2D eigenvalue weighted by atomic mass is 32.2. The van der Waals surface area contributed by atoms with Crippen molar-refractivity contribution < 1.29 is 14.3 Å². The van der Waals surface area contributed by atoms with Gasteiger partial charge in [-0.1, -0.05) is 30.3 Å². The van der Waals surface area contributed by atoms with E-state index in [0.29, 0.717) is 23.7 Å². The average Bonchev–Trinajstić information content (AvgIpc) is 2.54. The minimum Gasteiger partial charge on any atom is -0.493 e. The van der Waals surface area contributed by atoms with Gasteiger partial charge in [0.15, 0.2) is 11.5 Å². The fourth-order valence-corrected chi connectivity index (χ4v) is 2.58. The van der Waals surface area contributed by atoms with Gasteiger partial charge in [-0.25, -0.2) is 0 Å². The summed E-state index contributed by atoms with van der Waals surface area (Å²) in [6.07, 6.45) is 2.84. The molecule has 0 aliphatic heterocycles. The zero-order chi connectivity index (χ0) is 15.1. The molecule has 0 saturated heterocycles. The summed E-state index contributed by atoms with van der Waals surface area (Å²) in [4.78, 5) is 11.0. The van der Waals surface area contributed by atoms with E-state index in [1.165, 1.54) is 0 Å². The van der Waals surface area contributed by atoms with E-state index >= 15 is 0 Å². The molecule has 21 heavy (non-hydrogen) atoms. The van der Waals surface area contributed by atoms with Gasteiger partial charge in [-0.3, -0.25) is 4.79 Å². The Bertz CT molecular complexity index is 596. The largest absolute Gasteiger partial charge is 0.493 e. The van der Waals surface area contributed by atoms with Crippen molar-refractivity contribution in [3.63, 3.8) is 0 Å². The Morgan fingerprint density at radius 3 is 2.57 bits per heavy atom. The van der Waals surface area contributed by atoms with Gasteiger partial charge in [0, 0.05) is 16.9 Å². The lowest BCUT2D eigenvalue weighted by Gasteiger charge is -2.15. The molecule has 0 bridgehead atoms. The molecule has 0 spiro atoms. The van der Waals surface area contributed by atoms with Crippen LogP contribution in [0.1, 0.15) is 21.5 Å². The van der Waals surface area contributed by atoms with Crippen molar-refractivity contribution in [2.75, 3.05) is 13.4 Å². The molecule has 0 N–H and O–H groups in total. The van der Waals surface area contributed by atoms with Crippen molar-refractivity contribution in [1.82, 2.24) is 0 Å². The zero-order valence-corrected chi connectivity index (χ0v) is 13.0. The Morgan fingerprint density at radius 2 is 1.95 bits per heavy atom. The van der Waals surface area contributed by atoms with Crippen molar-refractivity contribution in [1.29, 1.82) is 0 Å². The number of rotatable bonds is 7. The predicted molar refractivity (Wildman–Crippen MR) is 86.4 cm³/mol. The Kier molecular flexibility index (Phi) is 5.69. The quantitative estimate of drug-likeness (QED) is 0.726. The van der Waals surface area contributed by atoms with Crippen LogP contribution in [0.2, 0.25) is 0 Å². The van der Waals surface area contributed by atoms with Crippen molar-refractivity contribution in [3.05, 3.63) is 59.2 Å². The van der Waals surface area contributed by atoms with Crippen LogP contribution in [0.5, 0.6) is 11.5 Å². The molecule has 0 heterocycles. The summed E-state index contributed by atoms with van der Waals surface area (Å²) in [7, 11) is 1.59. The second kappa shape index (κ2) is 7.74. The van der Waals surface area contributed by atoms with Gasteiger partial charge < -0.3 is 9.47 Å². The van der Waals surface area contributed by atoms with Crippen LogP contribution in [-0.2, 0) is 12.4 Å². The lowest BCUT2D eigenvalue weighted by Crippen LogP contribution is -2.02. The Morgan fingerprint density at radius 1 is 1.19 bits per heavy atom. The summed E-state index contributed by atoms with van der Waals surface area (Å²) in [6.45, 7) is 0.471. The molecule has 0 aliphatic rings. The molecule has 0 fully saturated rings. The molecule has 0 saturated carbocycles. The predicted octanol–water partition coefficient (Wildman–Crippen LogP) is 3.95. The van der Waals surface area contributed by atoms with Crippen LogP contribution >= 0.6 is 11.8 Å². The van der Waals surface area contributed by atoms with Gasteiger partial charge in [0.2, 0.25) is 0 Å². The fourth-order valence-electron chi connectivity index (χ4n) is 2.06. The van der Waals surface area contributed by atoms with Gasteiger partial charge in [0.25, 0.3) is 0 Å². The van der Waals surface area contributed by atoms with Gasteiger partial charge in [-0.05, 0) is 24.0 Å². The first-order valence-corrected chi connectivity index (χ1v) is 7.99. The van der Waals surface area contributed by atoms with Crippen molar-refractivity contribution in [3.8, 4) is 11.5 Å². The van der Waals surface area contributed by atoms with Crippen LogP contribution in [0.3, 0.4) is 0 Å². The average molecular weight is 302 g/mol. The van der Waals surface area contributed by atoms with E-state index in [1.807, 2.05) is 42.7 Å². The van der Waals surface area contributed by atoms with Gasteiger partial charge in [-0.15, -0.1) is 0 Å². The van der Waals surface area contributed by atoms with Gasteiger partial charge in [-0.2, -0.15) is 11.8 Å². The Balaban J connectivity index is 2.29. The van der Waals surface area contributed by atoms with E-state index in [1.54, 1.807) is 24.9 Å². The van der Waals surface area contributed by atoms with E-state index < -0.39 is 0 Å². The third-order valence-electron chi connectivity index (χ3n) is 3.04. The molecule has 2 aromatic carbocycles. The van der Waals surface area contributed by atoms with E-state index in [2.05, 4.69) is 0 Å². The van der Waals surface area contributed by atoms with E-state index in [4.69, 9.17) is 9.47 Å². The number of benzene rings is 2. The van der Waals surface area contributed by atoms with E-state index in [-0.39, 0.29) is 0 Å². The zero-order valence-electron chi connectivity index (χ0n) is 12.2. The van der Waals surface area contributed by atoms with E-state index in [0.717, 1.165) is 23.2 Å². The first kappa shape index (κ1) is 15.4. The second-order valence-electron chi connectivity index (χ2n) is 4.54. The number of hydrogen-bond donors (Lipinski definition) is 0. The molecular weight excluding hydrogens is 284 g/mol. The summed E-state index contributed by atoms with van der Waals surface area (Å²) >= 11 is 1.68. The topological polar surface area (TPSA) is 35.5 Å². The van der Waals surface area contributed by atoms with Gasteiger partial charge in [0.1, 0.15) is 12.9 Å². The van der Waals surface area contributed by atoms with Crippen LogP contribution in [0.15, 0.2) is 42.5 Å². The lowest BCUT2D eigenvalue weighted by molar-refractivity contribution is 0.112. The molecule has 2 rings (SSSR count). The summed E-state index contributed by atoms with van der Waals surface area (Å²) in [5.41, 5.74) is 2.66. The first-order chi connectivity index (χ1) is 10.3. The molecule has 3 nitrogen and oxygen atoms in total. The number of methoxy groups -OCH3 is 1. The molecule has 4 heteroatoms. The van der Waals surface area contributed by atoms with Crippen LogP contribution in [0, 0.1) is 0 Å². The standard InChI is InChI=1S/C17H18O3S/c1-19-16-9-14(10-18)8-15(12-21-2)17(16)20-11-13-6-4-3-5-7-13/h3-10H,11-12H2,1-2H3. The molecule has 110 valence electrons. The number of hydrogen-bond acceptors (Lipinski definition) is 4. The van der Waals surface area contributed by atoms with Gasteiger partial charge >= 0.3 is 0 Å². The maximum absolute atomic E-state index is 11.0. The number of carbonyl (C=O) groups excluding carboxylic acids is 1. The number of carbonyl (C=O) groups is 1. The summed E-state index contributed by atoms with van der Waals surface area (Å²) < 4.78 is 11.3. The molecule has 0 atom stereocenters. The van der Waals surface area contributed by atoms with Crippen LogP contribution in [-0.4, -0.2) is 19.7 Å². The molecule has 0 aromatic heterocycles. The van der Waals surface area contributed by atoms with Gasteiger partial charge in [0.05, 0.1) is 7.11 Å². The highest BCUT2D eigenvalue weighted by molar-refractivity contribution is 7.97. The smallest absolute Gasteiger partial charge is 0.165 e. The van der Waals surface area contributed by atoms with Crippen LogP contribution < -0.4 is 9.47 Å². The molecular formula is C17H18O3S. The number of thioether (sulfide) groups is 1. The molecule has 0 radical (unpaired) electrons. The summed E-state index contributed by atoms with van der Waals surface area (Å²) in [5, 5.41) is 0. The third kappa shape index (κ3) is 4.02. The van der Waals surface area contributed by atoms with E-state index in [9.17, 15) is 4.79 Å². The highest BCUT2D eigenvalue weighted by Crippen LogP contribution is 2.35. The van der Waals surface area contributed by atoms with Crippen molar-refractivity contribution in [2.45, 2.75) is 12.4 Å². The summed E-state index contributed by atoms with van der Waals surface area (Å²) in [5.74, 6) is 2.07. The van der Waals surface area contributed by atoms with Crippen molar-refractivity contribution >= 4 is 18.0 Å². The highest BCUT2D eigenvalue weighted by Gasteiger charge is 2.13. The third-order valence-corrected chi connectivity index (χ3v) is 3.64. The first-order valence-electron chi connectivity index (χ1n) is 6.60. The second-order valence-corrected chi connectivity index (χ2v) is 5.40. The normalized spacial score (nSPS) is 10.2. The molecule has 0 unspecified atom stereocenters. The summed E-state index contributed by atoms with van der Waals surface area (Å²) in [6, 6.07) is 13.5. The SMILES string of the molecule is COc1cc(C=O)cc(CSC)c1OCc1ccccc1. The Labute approximate surface area is 129 Å². The maximum atomic E-state index is 11.0. The molecule has 0 aliphatic carbocycles. The maximum Gasteiger partial charge on any atom is 0.165 e. The van der Waals surface area contributed by atoms with Crippen molar-refractivity contribution in [2.24, 2.45) is 0 Å². The number of aldehydes is 1. The van der Waals surface area contributed by atoms with Crippen LogP contribution in [0.25, 0.3) is 0 Å². The van der Waals surface area contributed by atoms with Crippen LogP contribution in [0.4, 0.5) is 0 Å².